The zero-order valence-corrected chi connectivity index (χ0v) is 16.7. The van der Waals surface area contributed by atoms with Crippen LogP contribution in [0.5, 0.6) is 0 Å². The smallest absolute Gasteiger partial charge is 0.270 e. The van der Waals surface area contributed by atoms with Crippen molar-refractivity contribution in [3.05, 3.63) is 88.7 Å². The number of carbonyl (C=O) groups is 1. The van der Waals surface area contributed by atoms with Gasteiger partial charge in [-0.1, -0.05) is 54.1 Å². The van der Waals surface area contributed by atoms with E-state index in [2.05, 4.69) is 46.2 Å². The van der Waals surface area contributed by atoms with Crippen molar-refractivity contribution in [3.63, 3.8) is 0 Å². The van der Waals surface area contributed by atoms with Crippen molar-refractivity contribution in [1.29, 1.82) is 0 Å². The maximum Gasteiger partial charge on any atom is 0.270 e. The Labute approximate surface area is 170 Å². The Morgan fingerprint density at radius 2 is 1.75 bits per heavy atom. The van der Waals surface area contributed by atoms with Crippen molar-refractivity contribution >= 4 is 23.5 Å². The second-order valence-corrected chi connectivity index (χ2v) is 7.19. The predicted molar refractivity (Wildman–Crippen MR) is 112 cm³/mol. The van der Waals surface area contributed by atoms with Crippen LogP contribution in [-0.2, 0) is 13.1 Å². The van der Waals surface area contributed by atoms with E-state index in [0.717, 1.165) is 11.1 Å². The van der Waals surface area contributed by atoms with Gasteiger partial charge in [0, 0.05) is 30.4 Å². The molecule has 0 aliphatic carbocycles. The first-order chi connectivity index (χ1) is 13.5. The highest BCUT2D eigenvalue weighted by Gasteiger charge is 2.16. The molecule has 0 radical (unpaired) electrons. The average Bonchev–Trinajstić information content (AvgIpc) is 2.72. The van der Waals surface area contributed by atoms with E-state index in [1.807, 2.05) is 30.3 Å². The largest absolute Gasteiger partial charge is 0.347 e. The number of rotatable bonds is 7. The lowest BCUT2D eigenvalue weighted by molar-refractivity contribution is 0.0945. The summed E-state index contributed by atoms with van der Waals surface area (Å²) in [6.07, 6.45) is 1.62. The molecule has 1 heterocycles. The molecule has 5 nitrogen and oxygen atoms in total. The van der Waals surface area contributed by atoms with Gasteiger partial charge in [-0.3, -0.25) is 4.79 Å². The topological polar surface area (TPSA) is 58.1 Å². The molecule has 3 rings (SSSR count). The zero-order valence-electron chi connectivity index (χ0n) is 16.0. The number of benzene rings is 2. The molecular weight excluding hydrogens is 372 g/mol. The highest BCUT2D eigenvalue weighted by Crippen LogP contribution is 2.16. The molecule has 2 aromatic carbocycles. The van der Waals surface area contributed by atoms with Gasteiger partial charge in [0.1, 0.15) is 5.69 Å². The second kappa shape index (κ2) is 9.33. The molecule has 1 N–H and O–H groups in total. The molecule has 144 valence electrons. The van der Waals surface area contributed by atoms with Gasteiger partial charge >= 0.3 is 0 Å². The summed E-state index contributed by atoms with van der Waals surface area (Å²) in [6.45, 7) is 5.25. The van der Waals surface area contributed by atoms with Crippen LogP contribution in [-0.4, -0.2) is 21.9 Å². The number of aromatic nitrogens is 2. The molecule has 0 saturated carbocycles. The Kier molecular flexibility index (Phi) is 6.61. The van der Waals surface area contributed by atoms with Crippen LogP contribution in [0, 0.1) is 0 Å². The highest BCUT2D eigenvalue weighted by molar-refractivity contribution is 6.30. The fourth-order valence-corrected chi connectivity index (χ4v) is 2.88. The summed E-state index contributed by atoms with van der Waals surface area (Å²) < 4.78 is 0. The quantitative estimate of drug-likeness (QED) is 0.642. The predicted octanol–water partition coefficient (Wildman–Crippen LogP) is 4.48. The van der Waals surface area contributed by atoms with Crippen LogP contribution in [0.1, 0.15) is 35.5 Å². The van der Waals surface area contributed by atoms with Gasteiger partial charge in [-0.05, 0) is 43.2 Å². The molecule has 1 aromatic heterocycles. The van der Waals surface area contributed by atoms with E-state index in [1.54, 1.807) is 24.4 Å². The minimum absolute atomic E-state index is 0.188. The van der Waals surface area contributed by atoms with Crippen LogP contribution in [0.15, 0.2) is 66.9 Å². The van der Waals surface area contributed by atoms with E-state index in [4.69, 9.17) is 11.6 Å². The molecule has 0 aliphatic rings. The maximum absolute atomic E-state index is 12.5. The van der Waals surface area contributed by atoms with Crippen molar-refractivity contribution in [3.8, 4) is 0 Å². The lowest BCUT2D eigenvalue weighted by Crippen LogP contribution is -2.32. The van der Waals surface area contributed by atoms with Gasteiger partial charge in [0.05, 0.1) is 0 Å². The molecule has 6 heteroatoms. The number of anilines is 1. The minimum Gasteiger partial charge on any atom is -0.347 e. The molecule has 3 aromatic rings. The van der Waals surface area contributed by atoms with Gasteiger partial charge in [0.15, 0.2) is 0 Å². The second-order valence-electron chi connectivity index (χ2n) is 6.76. The standard InChI is InChI=1S/C22H23ClN4O/c1-16(2)27(15-18-6-4-3-5-7-18)22-24-13-12-20(26-22)21(28)25-14-17-8-10-19(23)11-9-17/h3-13,16H,14-15H2,1-2H3,(H,25,28). The lowest BCUT2D eigenvalue weighted by Gasteiger charge is -2.27. The number of hydrogen-bond acceptors (Lipinski definition) is 4. The Morgan fingerprint density at radius 1 is 1.04 bits per heavy atom. The van der Waals surface area contributed by atoms with Crippen LogP contribution in [0.3, 0.4) is 0 Å². The molecular formula is C22H23ClN4O. The van der Waals surface area contributed by atoms with E-state index in [9.17, 15) is 4.79 Å². The SMILES string of the molecule is CC(C)N(Cc1ccccc1)c1nccc(C(=O)NCc2ccc(Cl)cc2)n1. The Balaban J connectivity index is 1.72. The minimum atomic E-state index is -0.234. The zero-order chi connectivity index (χ0) is 19.9. The summed E-state index contributed by atoms with van der Waals surface area (Å²) in [5.74, 6) is 0.306. The van der Waals surface area contributed by atoms with Gasteiger partial charge in [-0.25, -0.2) is 9.97 Å². The third-order valence-electron chi connectivity index (χ3n) is 4.32. The molecule has 0 fully saturated rings. The lowest BCUT2D eigenvalue weighted by atomic mass is 10.2. The van der Waals surface area contributed by atoms with Crippen molar-refractivity contribution in [2.24, 2.45) is 0 Å². The average molecular weight is 395 g/mol. The molecule has 0 saturated heterocycles. The van der Waals surface area contributed by atoms with Crippen molar-refractivity contribution in [2.45, 2.75) is 33.0 Å². The molecule has 0 unspecified atom stereocenters. The summed E-state index contributed by atoms with van der Waals surface area (Å²) in [5.41, 5.74) is 2.48. The van der Waals surface area contributed by atoms with Gasteiger partial charge in [-0.2, -0.15) is 0 Å². The van der Waals surface area contributed by atoms with Crippen LogP contribution < -0.4 is 10.2 Å². The van der Waals surface area contributed by atoms with Crippen LogP contribution in [0.25, 0.3) is 0 Å². The summed E-state index contributed by atoms with van der Waals surface area (Å²) in [4.78, 5) is 23.5. The van der Waals surface area contributed by atoms with Crippen LogP contribution in [0.2, 0.25) is 5.02 Å². The molecule has 0 spiro atoms. The molecule has 1 amide bonds. The third kappa shape index (κ3) is 5.30. The van der Waals surface area contributed by atoms with E-state index in [0.29, 0.717) is 29.8 Å². The van der Waals surface area contributed by atoms with E-state index >= 15 is 0 Å². The fraction of sp³-hybridized carbons (Fsp3) is 0.227. The number of nitrogens with zero attached hydrogens (tertiary/aromatic N) is 3. The van der Waals surface area contributed by atoms with E-state index in [1.165, 1.54) is 0 Å². The van der Waals surface area contributed by atoms with Gasteiger partial charge in [0.2, 0.25) is 5.95 Å². The first kappa shape index (κ1) is 19.8. The highest BCUT2D eigenvalue weighted by atomic mass is 35.5. The summed E-state index contributed by atoms with van der Waals surface area (Å²) in [5, 5.41) is 3.56. The number of carbonyl (C=O) groups excluding carboxylic acids is 1. The van der Waals surface area contributed by atoms with E-state index in [-0.39, 0.29) is 11.9 Å². The number of halogens is 1. The van der Waals surface area contributed by atoms with Crippen molar-refractivity contribution < 1.29 is 4.79 Å². The number of nitrogens with one attached hydrogen (secondary N) is 1. The first-order valence-corrected chi connectivity index (χ1v) is 9.57. The summed E-state index contributed by atoms with van der Waals surface area (Å²) in [6, 6.07) is 19.3. The summed E-state index contributed by atoms with van der Waals surface area (Å²) >= 11 is 5.89. The van der Waals surface area contributed by atoms with E-state index < -0.39 is 0 Å². The van der Waals surface area contributed by atoms with Gasteiger partial charge in [0.25, 0.3) is 5.91 Å². The normalized spacial score (nSPS) is 10.7. The van der Waals surface area contributed by atoms with Gasteiger partial charge < -0.3 is 10.2 Å². The van der Waals surface area contributed by atoms with Crippen LogP contribution >= 0.6 is 11.6 Å². The Bertz CT molecular complexity index is 913. The van der Waals surface area contributed by atoms with Crippen molar-refractivity contribution in [1.82, 2.24) is 15.3 Å². The molecule has 28 heavy (non-hydrogen) atoms. The summed E-state index contributed by atoms with van der Waals surface area (Å²) in [7, 11) is 0. The maximum atomic E-state index is 12.5. The monoisotopic (exact) mass is 394 g/mol. The van der Waals surface area contributed by atoms with Crippen LogP contribution in [0.4, 0.5) is 5.95 Å². The number of hydrogen-bond donors (Lipinski definition) is 1. The van der Waals surface area contributed by atoms with Gasteiger partial charge in [-0.15, -0.1) is 0 Å². The molecule has 0 atom stereocenters. The number of amides is 1. The molecule has 0 bridgehead atoms. The fourth-order valence-electron chi connectivity index (χ4n) is 2.75. The Morgan fingerprint density at radius 3 is 2.43 bits per heavy atom. The molecule has 0 aliphatic heterocycles. The Hall–Kier alpha value is -2.92. The first-order valence-electron chi connectivity index (χ1n) is 9.19. The van der Waals surface area contributed by atoms with Crippen molar-refractivity contribution in [2.75, 3.05) is 4.90 Å². The third-order valence-corrected chi connectivity index (χ3v) is 4.57.